The highest BCUT2D eigenvalue weighted by atomic mass is 35.5. The molecule has 27 heavy (non-hydrogen) atoms. The molecule has 2 fully saturated rings. The first-order chi connectivity index (χ1) is 12.8. The number of benzene rings is 1. The number of morpholine rings is 1. The fourth-order valence-electron chi connectivity index (χ4n) is 3.64. The van der Waals surface area contributed by atoms with Crippen LogP contribution in [-0.4, -0.2) is 68.4 Å². The SMILES string of the molecule is CC1(C)COCCN1CCNC(=O)NC1CCN(c2ccc(Cl)c(F)c2)C1. The average Bonchev–Trinajstić information content (AvgIpc) is 3.07. The predicted octanol–water partition coefficient (Wildman–Crippen LogP) is 2.47. The second kappa shape index (κ2) is 8.63. The molecule has 0 radical (unpaired) electrons. The highest BCUT2D eigenvalue weighted by Gasteiger charge is 2.30. The van der Waals surface area contributed by atoms with Gasteiger partial charge in [-0.1, -0.05) is 11.6 Å². The van der Waals surface area contributed by atoms with E-state index in [-0.39, 0.29) is 22.6 Å². The summed E-state index contributed by atoms with van der Waals surface area (Å²) in [6, 6.07) is 4.69. The minimum absolute atomic E-state index is 0.00376. The maximum absolute atomic E-state index is 13.6. The summed E-state index contributed by atoms with van der Waals surface area (Å²) in [7, 11) is 0. The van der Waals surface area contributed by atoms with Crippen molar-refractivity contribution in [1.82, 2.24) is 15.5 Å². The number of hydrogen-bond donors (Lipinski definition) is 2. The minimum atomic E-state index is -0.422. The molecule has 2 N–H and O–H groups in total. The van der Waals surface area contributed by atoms with Crippen molar-refractivity contribution in [2.24, 2.45) is 0 Å². The number of amides is 2. The van der Waals surface area contributed by atoms with Gasteiger partial charge in [-0.25, -0.2) is 9.18 Å². The standard InChI is InChI=1S/C19H28ClFN4O2/c1-19(2)13-27-10-9-25(19)8-6-22-18(26)23-14-5-7-24(12-14)15-3-4-16(20)17(21)11-15/h3-4,11,14H,5-10,12-13H2,1-2H3,(H2,22,23,26). The van der Waals surface area contributed by atoms with Gasteiger partial charge < -0.3 is 20.3 Å². The van der Waals surface area contributed by atoms with Gasteiger partial charge in [-0.05, 0) is 38.5 Å². The number of carbonyl (C=O) groups is 1. The number of ether oxygens (including phenoxy) is 1. The lowest BCUT2D eigenvalue weighted by atomic mass is 10.0. The van der Waals surface area contributed by atoms with E-state index in [1.165, 1.54) is 6.07 Å². The van der Waals surface area contributed by atoms with Gasteiger partial charge in [-0.15, -0.1) is 0 Å². The Morgan fingerprint density at radius 3 is 2.96 bits per heavy atom. The lowest BCUT2D eigenvalue weighted by Gasteiger charge is -2.42. The van der Waals surface area contributed by atoms with Crippen molar-refractivity contribution in [3.8, 4) is 0 Å². The number of nitrogens with zero attached hydrogens (tertiary/aromatic N) is 2. The molecule has 1 atom stereocenters. The molecule has 2 aliphatic rings. The van der Waals surface area contributed by atoms with E-state index in [2.05, 4.69) is 34.3 Å². The van der Waals surface area contributed by atoms with Crippen molar-refractivity contribution in [1.29, 1.82) is 0 Å². The summed E-state index contributed by atoms with van der Waals surface area (Å²) in [6.07, 6.45) is 0.828. The highest BCUT2D eigenvalue weighted by molar-refractivity contribution is 6.30. The molecule has 1 aromatic carbocycles. The molecule has 0 saturated carbocycles. The van der Waals surface area contributed by atoms with E-state index in [4.69, 9.17) is 16.3 Å². The molecular weight excluding hydrogens is 371 g/mol. The van der Waals surface area contributed by atoms with E-state index in [0.29, 0.717) is 19.7 Å². The third-order valence-corrected chi connectivity index (χ3v) is 5.58. The van der Waals surface area contributed by atoms with Gasteiger partial charge in [-0.3, -0.25) is 4.90 Å². The van der Waals surface area contributed by atoms with Crippen LogP contribution < -0.4 is 15.5 Å². The Labute approximate surface area is 165 Å². The fourth-order valence-corrected chi connectivity index (χ4v) is 3.76. The number of anilines is 1. The summed E-state index contributed by atoms with van der Waals surface area (Å²) in [4.78, 5) is 16.6. The zero-order valence-corrected chi connectivity index (χ0v) is 16.7. The summed E-state index contributed by atoms with van der Waals surface area (Å²) in [6.45, 7) is 9.45. The molecule has 8 heteroatoms. The van der Waals surface area contributed by atoms with E-state index in [1.54, 1.807) is 12.1 Å². The Morgan fingerprint density at radius 2 is 2.22 bits per heavy atom. The van der Waals surface area contributed by atoms with Crippen molar-refractivity contribution >= 4 is 23.3 Å². The topological polar surface area (TPSA) is 56.8 Å². The Balaban J connectivity index is 1.40. The van der Waals surface area contributed by atoms with Crippen LogP contribution in [0.25, 0.3) is 0 Å². The van der Waals surface area contributed by atoms with Gasteiger partial charge in [0.25, 0.3) is 0 Å². The number of urea groups is 1. The molecule has 0 aliphatic carbocycles. The van der Waals surface area contributed by atoms with Crippen LogP contribution >= 0.6 is 11.6 Å². The molecule has 150 valence electrons. The molecule has 2 aliphatic heterocycles. The molecule has 1 aromatic rings. The monoisotopic (exact) mass is 398 g/mol. The maximum atomic E-state index is 13.6. The van der Waals surface area contributed by atoms with Crippen LogP contribution in [-0.2, 0) is 4.74 Å². The van der Waals surface area contributed by atoms with E-state index >= 15 is 0 Å². The molecule has 2 heterocycles. The van der Waals surface area contributed by atoms with Gasteiger partial charge in [-0.2, -0.15) is 0 Å². The van der Waals surface area contributed by atoms with Crippen LogP contribution in [0.15, 0.2) is 18.2 Å². The summed E-state index contributed by atoms with van der Waals surface area (Å²) in [5.74, 6) is -0.422. The lowest BCUT2D eigenvalue weighted by Crippen LogP contribution is -2.55. The van der Waals surface area contributed by atoms with Gasteiger partial charge in [0.2, 0.25) is 0 Å². The van der Waals surface area contributed by atoms with E-state index in [9.17, 15) is 9.18 Å². The predicted molar refractivity (Wildman–Crippen MR) is 105 cm³/mol. The van der Waals surface area contributed by atoms with Gasteiger partial charge in [0, 0.05) is 50.0 Å². The molecular formula is C19H28ClFN4O2. The van der Waals surface area contributed by atoms with Crippen molar-refractivity contribution in [2.45, 2.75) is 31.8 Å². The summed E-state index contributed by atoms with van der Waals surface area (Å²) in [5.41, 5.74) is 0.784. The molecule has 0 aromatic heterocycles. The van der Waals surface area contributed by atoms with E-state index in [0.717, 1.165) is 38.3 Å². The number of carbonyl (C=O) groups excluding carboxylic acids is 1. The first kappa shape index (κ1) is 20.2. The average molecular weight is 399 g/mol. The number of hydrogen-bond acceptors (Lipinski definition) is 4. The molecule has 6 nitrogen and oxygen atoms in total. The molecule has 2 saturated heterocycles. The van der Waals surface area contributed by atoms with Gasteiger partial charge in [0.05, 0.1) is 18.2 Å². The number of nitrogens with one attached hydrogen (secondary N) is 2. The van der Waals surface area contributed by atoms with Crippen LogP contribution in [0, 0.1) is 5.82 Å². The zero-order valence-electron chi connectivity index (χ0n) is 15.9. The van der Waals surface area contributed by atoms with E-state index in [1.807, 2.05) is 0 Å². The van der Waals surface area contributed by atoms with Crippen LogP contribution in [0.3, 0.4) is 0 Å². The molecule has 2 amide bonds. The van der Waals surface area contributed by atoms with Gasteiger partial charge >= 0.3 is 6.03 Å². The third-order valence-electron chi connectivity index (χ3n) is 5.28. The second-order valence-electron chi connectivity index (χ2n) is 7.78. The van der Waals surface area contributed by atoms with Crippen molar-refractivity contribution in [3.63, 3.8) is 0 Å². The van der Waals surface area contributed by atoms with Crippen LogP contribution in [0.5, 0.6) is 0 Å². The van der Waals surface area contributed by atoms with Gasteiger partial charge in [0.1, 0.15) is 5.82 Å². The lowest BCUT2D eigenvalue weighted by molar-refractivity contribution is -0.0497. The van der Waals surface area contributed by atoms with Crippen molar-refractivity contribution in [3.05, 3.63) is 29.0 Å². The third kappa shape index (κ3) is 5.24. The van der Waals surface area contributed by atoms with Crippen LogP contribution in [0.1, 0.15) is 20.3 Å². The van der Waals surface area contributed by atoms with E-state index < -0.39 is 5.82 Å². The van der Waals surface area contributed by atoms with Crippen LogP contribution in [0.2, 0.25) is 5.02 Å². The zero-order chi connectivity index (χ0) is 19.4. The smallest absolute Gasteiger partial charge is 0.315 e. The molecule has 0 bridgehead atoms. The van der Waals surface area contributed by atoms with Gasteiger partial charge in [0.15, 0.2) is 0 Å². The van der Waals surface area contributed by atoms with Crippen LogP contribution in [0.4, 0.5) is 14.9 Å². The van der Waals surface area contributed by atoms with Crippen molar-refractivity contribution < 1.29 is 13.9 Å². The summed E-state index contributed by atoms with van der Waals surface area (Å²) >= 11 is 5.74. The Bertz CT molecular complexity index is 673. The maximum Gasteiger partial charge on any atom is 0.315 e. The molecule has 3 rings (SSSR count). The largest absolute Gasteiger partial charge is 0.378 e. The number of halogens is 2. The number of rotatable bonds is 5. The molecule has 1 unspecified atom stereocenters. The first-order valence-electron chi connectivity index (χ1n) is 9.42. The quantitative estimate of drug-likeness (QED) is 0.800. The van der Waals surface area contributed by atoms with Crippen molar-refractivity contribution in [2.75, 3.05) is 50.8 Å². The summed E-state index contributed by atoms with van der Waals surface area (Å²) in [5, 5.41) is 6.07. The second-order valence-corrected chi connectivity index (χ2v) is 8.19. The fraction of sp³-hybridized carbons (Fsp3) is 0.632. The highest BCUT2D eigenvalue weighted by Crippen LogP contribution is 2.25. The Kier molecular flexibility index (Phi) is 6.44. The first-order valence-corrected chi connectivity index (χ1v) is 9.80. The molecule has 0 spiro atoms. The minimum Gasteiger partial charge on any atom is -0.378 e. The summed E-state index contributed by atoms with van der Waals surface area (Å²) < 4.78 is 19.2. The normalized spacial score (nSPS) is 22.7. The Morgan fingerprint density at radius 1 is 1.41 bits per heavy atom. The Hall–Kier alpha value is -1.57.